The number of nitrogens with one attached hydrogen (secondary N) is 1. The summed E-state index contributed by atoms with van der Waals surface area (Å²) in [4.78, 5) is 26.7. The zero-order chi connectivity index (χ0) is 19.0. The number of anilines is 1. The van der Waals surface area contributed by atoms with Gasteiger partial charge in [-0.25, -0.2) is 0 Å². The first-order chi connectivity index (χ1) is 13.1. The van der Waals surface area contributed by atoms with Gasteiger partial charge in [-0.1, -0.05) is 17.4 Å². The van der Waals surface area contributed by atoms with Gasteiger partial charge in [0.1, 0.15) is 11.6 Å². The summed E-state index contributed by atoms with van der Waals surface area (Å²) in [5, 5.41) is 11.7. The van der Waals surface area contributed by atoms with E-state index in [0.717, 1.165) is 5.56 Å². The van der Waals surface area contributed by atoms with Crippen molar-refractivity contribution < 1.29 is 23.8 Å². The van der Waals surface area contributed by atoms with E-state index in [1.54, 1.807) is 25.1 Å². The molecule has 1 aromatic heterocycles. The molecule has 1 N–H and O–H groups in total. The average Bonchev–Trinajstić information content (AvgIpc) is 3.35. The molecule has 1 aromatic carbocycles. The maximum Gasteiger partial charge on any atom is 0.232 e. The van der Waals surface area contributed by atoms with E-state index < -0.39 is 12.0 Å². The molecule has 142 valence electrons. The van der Waals surface area contributed by atoms with E-state index in [1.807, 2.05) is 12.1 Å². The molecule has 3 heterocycles. The van der Waals surface area contributed by atoms with E-state index >= 15 is 0 Å². The van der Waals surface area contributed by atoms with Gasteiger partial charge >= 0.3 is 0 Å². The highest BCUT2D eigenvalue weighted by Gasteiger charge is 2.43. The second kappa shape index (κ2) is 7.12. The monoisotopic (exact) mass is 390 g/mol. The molecule has 0 unspecified atom stereocenters. The number of carbonyl (C=O) groups is 2. The largest absolute Gasteiger partial charge is 0.454 e. The lowest BCUT2D eigenvalue weighted by atomic mass is 9.92. The van der Waals surface area contributed by atoms with Gasteiger partial charge in [0.2, 0.25) is 23.7 Å². The average molecular weight is 390 g/mol. The molecule has 2 aliphatic rings. The summed E-state index contributed by atoms with van der Waals surface area (Å²) in [6.45, 7) is 0.501. The molecule has 2 atom stereocenters. The van der Waals surface area contributed by atoms with Crippen LogP contribution in [0.5, 0.6) is 11.5 Å². The third-order valence-corrected chi connectivity index (χ3v) is 5.44. The van der Waals surface area contributed by atoms with Gasteiger partial charge < -0.3 is 24.4 Å². The summed E-state index contributed by atoms with van der Waals surface area (Å²) >= 11 is 1.25. The predicted octanol–water partition coefficient (Wildman–Crippen LogP) is 1.57. The fourth-order valence-electron chi connectivity index (χ4n) is 3.34. The minimum Gasteiger partial charge on any atom is -0.454 e. The predicted molar refractivity (Wildman–Crippen MR) is 95.4 cm³/mol. The Morgan fingerprint density at radius 2 is 2.19 bits per heavy atom. The van der Waals surface area contributed by atoms with Gasteiger partial charge in [-0.05, 0) is 17.7 Å². The van der Waals surface area contributed by atoms with Crippen LogP contribution in [-0.4, -0.2) is 47.9 Å². The highest BCUT2D eigenvalue weighted by Crippen LogP contribution is 2.42. The van der Waals surface area contributed by atoms with Crippen molar-refractivity contribution in [2.75, 3.05) is 26.3 Å². The Kier molecular flexibility index (Phi) is 4.66. The highest BCUT2D eigenvalue weighted by atomic mass is 32.1. The van der Waals surface area contributed by atoms with Crippen LogP contribution in [0.15, 0.2) is 18.2 Å². The molecular formula is C17H18N4O5S. The van der Waals surface area contributed by atoms with E-state index in [1.165, 1.54) is 11.3 Å². The summed E-state index contributed by atoms with van der Waals surface area (Å²) in [6.07, 6.45) is 0.130. The van der Waals surface area contributed by atoms with Crippen molar-refractivity contribution in [1.82, 2.24) is 15.1 Å². The second-order valence-electron chi connectivity index (χ2n) is 6.30. The van der Waals surface area contributed by atoms with Gasteiger partial charge in [-0.2, -0.15) is 0 Å². The maximum absolute atomic E-state index is 12.9. The summed E-state index contributed by atoms with van der Waals surface area (Å²) < 4.78 is 15.8. The molecular weight excluding hydrogens is 372 g/mol. The number of methoxy groups -OCH3 is 1. The Morgan fingerprint density at radius 3 is 3.00 bits per heavy atom. The van der Waals surface area contributed by atoms with Crippen LogP contribution in [0.3, 0.4) is 0 Å². The Labute approximate surface area is 159 Å². The molecule has 0 aliphatic carbocycles. The minimum absolute atomic E-state index is 0.0878. The lowest BCUT2D eigenvalue weighted by Gasteiger charge is -2.24. The zero-order valence-electron chi connectivity index (χ0n) is 14.8. The van der Waals surface area contributed by atoms with Crippen molar-refractivity contribution >= 4 is 28.3 Å². The number of nitrogens with zero attached hydrogens (tertiary/aromatic N) is 3. The molecule has 4 rings (SSSR count). The molecule has 0 spiro atoms. The van der Waals surface area contributed by atoms with Crippen LogP contribution in [0.1, 0.15) is 23.0 Å². The van der Waals surface area contributed by atoms with Crippen LogP contribution in [0.2, 0.25) is 0 Å². The minimum atomic E-state index is -0.544. The molecule has 2 aliphatic heterocycles. The first-order valence-electron chi connectivity index (χ1n) is 8.34. The summed E-state index contributed by atoms with van der Waals surface area (Å²) in [7, 11) is 3.27. The van der Waals surface area contributed by atoms with Gasteiger partial charge in [-0.15, -0.1) is 10.2 Å². The lowest BCUT2D eigenvalue weighted by Crippen LogP contribution is -2.30. The van der Waals surface area contributed by atoms with Gasteiger partial charge in [0.25, 0.3) is 0 Å². The summed E-state index contributed by atoms with van der Waals surface area (Å²) in [5.41, 5.74) is 0.824. The number of hydrogen-bond acceptors (Lipinski definition) is 8. The third kappa shape index (κ3) is 3.33. The first kappa shape index (κ1) is 17.7. The van der Waals surface area contributed by atoms with E-state index in [0.29, 0.717) is 28.2 Å². The summed E-state index contributed by atoms with van der Waals surface area (Å²) in [5.74, 6) is 0.377. The topological polar surface area (TPSA) is 103 Å². The Hall–Kier alpha value is -2.72. The van der Waals surface area contributed by atoms with E-state index in [-0.39, 0.29) is 25.0 Å². The molecule has 1 fully saturated rings. The second-order valence-corrected chi connectivity index (χ2v) is 7.36. The van der Waals surface area contributed by atoms with Crippen molar-refractivity contribution in [3.05, 3.63) is 28.8 Å². The van der Waals surface area contributed by atoms with E-state index in [2.05, 4.69) is 15.5 Å². The number of benzene rings is 1. The fraction of sp³-hybridized carbons (Fsp3) is 0.412. The molecule has 0 radical (unpaired) electrons. The normalized spacial score (nSPS) is 21.0. The quantitative estimate of drug-likeness (QED) is 0.827. The number of rotatable bonds is 5. The Morgan fingerprint density at radius 1 is 1.37 bits per heavy atom. The van der Waals surface area contributed by atoms with Crippen LogP contribution in [0, 0.1) is 5.92 Å². The summed E-state index contributed by atoms with van der Waals surface area (Å²) in [6, 6.07) is 5.09. The number of ether oxygens (including phenoxy) is 3. The molecule has 27 heavy (non-hydrogen) atoms. The highest BCUT2D eigenvalue weighted by molar-refractivity contribution is 7.15. The molecule has 2 aromatic rings. The number of hydrogen-bond donors (Lipinski definition) is 1. The van der Waals surface area contributed by atoms with Crippen LogP contribution >= 0.6 is 11.3 Å². The number of aromatic nitrogens is 2. The maximum atomic E-state index is 12.9. The van der Waals surface area contributed by atoms with Crippen molar-refractivity contribution in [3.63, 3.8) is 0 Å². The first-order valence-corrected chi connectivity index (χ1v) is 9.16. The number of likely N-dealkylation sites (tertiary alicyclic amines) is 1. The third-order valence-electron chi connectivity index (χ3n) is 4.63. The zero-order valence-corrected chi connectivity index (χ0v) is 15.6. The van der Waals surface area contributed by atoms with Crippen LogP contribution in [0.4, 0.5) is 5.13 Å². The van der Waals surface area contributed by atoms with Crippen LogP contribution < -0.4 is 14.8 Å². The van der Waals surface area contributed by atoms with Crippen molar-refractivity contribution in [2.45, 2.75) is 19.1 Å². The fourth-order valence-corrected chi connectivity index (χ4v) is 4.06. The van der Waals surface area contributed by atoms with Gasteiger partial charge in [0, 0.05) is 20.6 Å². The van der Waals surface area contributed by atoms with Crippen molar-refractivity contribution in [2.24, 2.45) is 5.92 Å². The van der Waals surface area contributed by atoms with Gasteiger partial charge in [0.05, 0.1) is 12.0 Å². The Bertz CT molecular complexity index is 886. The lowest BCUT2D eigenvalue weighted by molar-refractivity contribution is -0.127. The van der Waals surface area contributed by atoms with Crippen LogP contribution in [0.25, 0.3) is 0 Å². The SMILES string of the molecule is COCc1nnc(NC(=O)[C@H]2CC(=O)N(C)[C@H]2c2ccc3c(c2)OCO3)s1. The van der Waals surface area contributed by atoms with E-state index in [4.69, 9.17) is 14.2 Å². The molecule has 0 bridgehead atoms. The number of fused-ring (bicyclic) bond motifs is 1. The van der Waals surface area contributed by atoms with Gasteiger partial charge in [-0.3, -0.25) is 9.59 Å². The van der Waals surface area contributed by atoms with Crippen molar-refractivity contribution in [1.29, 1.82) is 0 Å². The smallest absolute Gasteiger partial charge is 0.232 e. The number of amides is 2. The molecule has 9 nitrogen and oxygen atoms in total. The van der Waals surface area contributed by atoms with Crippen LogP contribution in [-0.2, 0) is 20.9 Å². The molecule has 0 saturated carbocycles. The van der Waals surface area contributed by atoms with Crippen molar-refractivity contribution in [3.8, 4) is 11.5 Å². The molecule has 1 saturated heterocycles. The molecule has 2 amide bonds. The standard InChI is InChI=1S/C17H18N4O5S/c1-21-14(22)6-10(16(23)18-17-20-19-13(27-17)7-24-2)15(21)9-3-4-11-12(5-9)26-8-25-11/h3-5,10,15H,6-8H2,1-2H3,(H,18,20,23)/t10-,15-/m0/s1. The molecule has 10 heteroatoms. The van der Waals surface area contributed by atoms with Gasteiger partial charge in [0.15, 0.2) is 11.5 Å². The number of carbonyl (C=O) groups excluding carboxylic acids is 2. The van der Waals surface area contributed by atoms with E-state index in [9.17, 15) is 9.59 Å². The Balaban J connectivity index is 1.56.